The van der Waals surface area contributed by atoms with Crippen molar-refractivity contribution >= 4 is 15.7 Å². The molecule has 1 aromatic carbocycles. The fraction of sp³-hybridized carbons (Fsp3) is 0.571. The van der Waals surface area contributed by atoms with Gasteiger partial charge in [-0.2, -0.15) is 0 Å². The van der Waals surface area contributed by atoms with E-state index in [2.05, 4.69) is 18.6 Å². The minimum atomic E-state index is -3.60. The van der Waals surface area contributed by atoms with Crippen LogP contribution in [0.4, 0.5) is 5.69 Å². The molecular formula is C14H24N2O3S. The molecule has 0 saturated heterocycles. The zero-order valence-electron chi connectivity index (χ0n) is 12.5. The average molecular weight is 300 g/mol. The Morgan fingerprint density at radius 1 is 1.25 bits per heavy atom. The van der Waals surface area contributed by atoms with E-state index in [4.69, 9.17) is 10.5 Å². The predicted molar refractivity (Wildman–Crippen MR) is 81.3 cm³/mol. The zero-order valence-corrected chi connectivity index (χ0v) is 13.3. The average Bonchev–Trinajstić information content (AvgIpc) is 2.35. The molecule has 0 spiro atoms. The molecule has 0 aliphatic carbocycles. The molecular weight excluding hydrogens is 276 g/mol. The number of sulfonamides is 1. The third kappa shape index (κ3) is 4.68. The summed E-state index contributed by atoms with van der Waals surface area (Å²) in [6.45, 7) is 6.10. The summed E-state index contributed by atoms with van der Waals surface area (Å²) in [4.78, 5) is 0.116. The van der Waals surface area contributed by atoms with Crippen LogP contribution in [0.15, 0.2) is 23.1 Å². The Bertz CT molecular complexity index is 541. The molecule has 0 amide bonds. The predicted octanol–water partition coefficient (Wildman–Crippen LogP) is 2.38. The summed E-state index contributed by atoms with van der Waals surface area (Å²) >= 11 is 0. The Morgan fingerprint density at radius 3 is 2.45 bits per heavy atom. The van der Waals surface area contributed by atoms with Gasteiger partial charge in [-0.15, -0.1) is 0 Å². The van der Waals surface area contributed by atoms with Crippen molar-refractivity contribution in [2.24, 2.45) is 5.92 Å². The highest BCUT2D eigenvalue weighted by Gasteiger charge is 2.21. The molecule has 20 heavy (non-hydrogen) atoms. The summed E-state index contributed by atoms with van der Waals surface area (Å²) in [5, 5.41) is 0. The van der Waals surface area contributed by atoms with Gasteiger partial charge in [-0.3, -0.25) is 0 Å². The Balaban J connectivity index is 2.88. The van der Waals surface area contributed by atoms with Gasteiger partial charge in [0.05, 0.1) is 7.11 Å². The van der Waals surface area contributed by atoms with Crippen LogP contribution in [-0.2, 0) is 10.0 Å². The number of benzene rings is 1. The lowest BCUT2D eigenvalue weighted by Gasteiger charge is -2.17. The quantitative estimate of drug-likeness (QED) is 0.758. The fourth-order valence-corrected chi connectivity index (χ4v) is 3.31. The van der Waals surface area contributed by atoms with Crippen LogP contribution in [0.3, 0.4) is 0 Å². The minimum Gasteiger partial charge on any atom is -0.495 e. The summed E-state index contributed by atoms with van der Waals surface area (Å²) in [5.41, 5.74) is 6.10. The van der Waals surface area contributed by atoms with Gasteiger partial charge >= 0.3 is 0 Å². The Kier molecular flexibility index (Phi) is 5.83. The van der Waals surface area contributed by atoms with Crippen LogP contribution < -0.4 is 15.2 Å². The van der Waals surface area contributed by atoms with Crippen LogP contribution in [-0.4, -0.2) is 21.6 Å². The highest BCUT2D eigenvalue weighted by Crippen LogP contribution is 2.26. The van der Waals surface area contributed by atoms with Crippen molar-refractivity contribution in [1.82, 2.24) is 4.72 Å². The molecule has 114 valence electrons. The first-order valence-electron chi connectivity index (χ1n) is 6.72. The summed E-state index contributed by atoms with van der Waals surface area (Å²) in [7, 11) is -2.17. The van der Waals surface area contributed by atoms with E-state index >= 15 is 0 Å². The van der Waals surface area contributed by atoms with Crippen molar-refractivity contribution in [3.8, 4) is 5.75 Å². The number of methoxy groups -OCH3 is 1. The number of nitrogens with two attached hydrogens (primary N) is 1. The number of nitrogens with one attached hydrogen (secondary N) is 1. The smallest absolute Gasteiger partial charge is 0.244 e. The number of nitrogen functional groups attached to an aromatic ring is 1. The van der Waals surface area contributed by atoms with Gasteiger partial charge in [0, 0.05) is 17.8 Å². The maximum Gasteiger partial charge on any atom is 0.244 e. The standard InChI is InChI=1S/C14H24N2O3S/c1-10(2)5-6-11(3)16-20(17,18)14-8-7-12(15)9-13(14)19-4/h7-11,16H,5-6,15H2,1-4H3. The van der Waals surface area contributed by atoms with Crippen LogP contribution in [0.2, 0.25) is 0 Å². The molecule has 0 bridgehead atoms. The molecule has 0 fully saturated rings. The van der Waals surface area contributed by atoms with E-state index in [9.17, 15) is 8.42 Å². The number of anilines is 1. The van der Waals surface area contributed by atoms with Gasteiger partial charge in [-0.1, -0.05) is 13.8 Å². The molecule has 5 nitrogen and oxygen atoms in total. The van der Waals surface area contributed by atoms with Crippen LogP contribution >= 0.6 is 0 Å². The number of ether oxygens (including phenoxy) is 1. The molecule has 0 saturated carbocycles. The largest absolute Gasteiger partial charge is 0.495 e. The zero-order chi connectivity index (χ0) is 15.3. The van der Waals surface area contributed by atoms with Crippen molar-refractivity contribution in [3.05, 3.63) is 18.2 Å². The first kappa shape index (κ1) is 16.8. The SMILES string of the molecule is COc1cc(N)ccc1S(=O)(=O)NC(C)CCC(C)C. The number of rotatable bonds is 7. The first-order chi connectivity index (χ1) is 9.26. The monoisotopic (exact) mass is 300 g/mol. The second-order valence-corrected chi connectivity index (χ2v) is 7.09. The molecule has 0 aliphatic rings. The van der Waals surface area contributed by atoms with Gasteiger partial charge in [0.15, 0.2) is 0 Å². The van der Waals surface area contributed by atoms with E-state index in [1.54, 1.807) is 6.07 Å². The number of hydrogen-bond acceptors (Lipinski definition) is 4. The van der Waals surface area contributed by atoms with E-state index < -0.39 is 10.0 Å². The summed E-state index contributed by atoms with van der Waals surface area (Å²) in [5.74, 6) is 0.807. The third-order valence-corrected chi connectivity index (χ3v) is 4.64. The maximum absolute atomic E-state index is 12.3. The van der Waals surface area contributed by atoms with Crippen molar-refractivity contribution < 1.29 is 13.2 Å². The van der Waals surface area contributed by atoms with E-state index in [1.165, 1.54) is 19.2 Å². The minimum absolute atomic E-state index is 0.116. The second-order valence-electron chi connectivity index (χ2n) is 5.40. The van der Waals surface area contributed by atoms with Gasteiger partial charge in [0.25, 0.3) is 0 Å². The molecule has 0 radical (unpaired) electrons. The van der Waals surface area contributed by atoms with Crippen molar-refractivity contribution in [1.29, 1.82) is 0 Å². The highest BCUT2D eigenvalue weighted by molar-refractivity contribution is 7.89. The lowest BCUT2D eigenvalue weighted by atomic mass is 10.1. The topological polar surface area (TPSA) is 81.4 Å². The van der Waals surface area contributed by atoms with E-state index in [1.807, 2.05) is 6.92 Å². The molecule has 1 aromatic rings. The van der Waals surface area contributed by atoms with Crippen LogP contribution in [0.1, 0.15) is 33.6 Å². The first-order valence-corrected chi connectivity index (χ1v) is 8.20. The van der Waals surface area contributed by atoms with Gasteiger partial charge in [0.2, 0.25) is 10.0 Å². The van der Waals surface area contributed by atoms with Crippen LogP contribution in [0, 0.1) is 5.92 Å². The van der Waals surface area contributed by atoms with Crippen molar-refractivity contribution in [3.63, 3.8) is 0 Å². The molecule has 1 atom stereocenters. The highest BCUT2D eigenvalue weighted by atomic mass is 32.2. The van der Waals surface area contributed by atoms with Crippen molar-refractivity contribution in [2.45, 2.75) is 44.6 Å². The van der Waals surface area contributed by atoms with Gasteiger partial charge < -0.3 is 10.5 Å². The van der Waals surface area contributed by atoms with Gasteiger partial charge in [-0.25, -0.2) is 13.1 Å². The molecule has 1 unspecified atom stereocenters. The summed E-state index contributed by atoms with van der Waals surface area (Å²) in [6, 6.07) is 4.40. The van der Waals surface area contributed by atoms with Crippen molar-refractivity contribution in [2.75, 3.05) is 12.8 Å². The second kappa shape index (κ2) is 6.95. The van der Waals surface area contributed by atoms with E-state index in [0.29, 0.717) is 11.6 Å². The van der Waals surface area contributed by atoms with Gasteiger partial charge in [-0.05, 0) is 37.8 Å². The number of hydrogen-bond donors (Lipinski definition) is 2. The molecule has 0 aliphatic heterocycles. The van der Waals surface area contributed by atoms with E-state index in [-0.39, 0.29) is 16.7 Å². The normalized spacial score (nSPS) is 13.4. The molecule has 0 heterocycles. The lowest BCUT2D eigenvalue weighted by molar-refractivity contribution is 0.402. The molecule has 6 heteroatoms. The van der Waals surface area contributed by atoms with Crippen LogP contribution in [0.5, 0.6) is 5.75 Å². The van der Waals surface area contributed by atoms with E-state index in [0.717, 1.165) is 12.8 Å². The molecule has 0 aromatic heterocycles. The molecule has 3 N–H and O–H groups in total. The van der Waals surface area contributed by atoms with Crippen LogP contribution in [0.25, 0.3) is 0 Å². The third-order valence-electron chi connectivity index (χ3n) is 3.01. The van der Waals surface area contributed by atoms with Gasteiger partial charge in [0.1, 0.15) is 10.6 Å². The lowest BCUT2D eigenvalue weighted by Crippen LogP contribution is -2.33. The Morgan fingerprint density at radius 2 is 1.90 bits per heavy atom. The maximum atomic E-state index is 12.3. The Hall–Kier alpha value is -1.27. The Labute approximate surface area is 121 Å². The fourth-order valence-electron chi connectivity index (χ4n) is 1.88. The molecule has 1 rings (SSSR count). The summed E-state index contributed by atoms with van der Waals surface area (Å²) < 4.78 is 32.5. The summed E-state index contributed by atoms with van der Waals surface area (Å²) in [6.07, 6.45) is 1.77.